The molecular weight excluding hydrogens is 348 g/mol. The van der Waals surface area contributed by atoms with Crippen molar-refractivity contribution in [2.75, 3.05) is 6.61 Å². The van der Waals surface area contributed by atoms with Gasteiger partial charge in [0.05, 0.1) is 18.8 Å². The molecule has 0 radical (unpaired) electrons. The van der Waals surface area contributed by atoms with Crippen LogP contribution >= 0.6 is 11.6 Å². The molecule has 0 bridgehead atoms. The third-order valence-electron chi connectivity index (χ3n) is 5.14. The highest BCUT2D eigenvalue weighted by Crippen LogP contribution is 2.38. The van der Waals surface area contributed by atoms with Crippen molar-refractivity contribution >= 4 is 11.6 Å². The van der Waals surface area contributed by atoms with Crippen LogP contribution in [0, 0.1) is 5.92 Å². The van der Waals surface area contributed by atoms with Gasteiger partial charge in [-0.3, -0.25) is 0 Å². The Balaban J connectivity index is 1.76. The van der Waals surface area contributed by atoms with Gasteiger partial charge in [-0.25, -0.2) is 0 Å². The molecule has 1 heterocycles. The zero-order chi connectivity index (χ0) is 18.7. The van der Waals surface area contributed by atoms with E-state index in [1.165, 1.54) is 5.56 Å². The summed E-state index contributed by atoms with van der Waals surface area (Å²) in [7, 11) is 0. The standard InChI is InChI=1S/C22H27ClO3/c1-4-11-25-19-8-5-16(6-9-19)12-18-13-17(7-10-20(18)23)22-21(24)14(2)15(3)26-22/h5-10,13-15,21-22,24H,4,11-12H2,1-3H3. The van der Waals surface area contributed by atoms with Gasteiger partial charge in [-0.05, 0) is 54.7 Å². The summed E-state index contributed by atoms with van der Waals surface area (Å²) in [6.07, 6.45) is 0.991. The molecule has 3 nitrogen and oxygen atoms in total. The highest BCUT2D eigenvalue weighted by atomic mass is 35.5. The van der Waals surface area contributed by atoms with Gasteiger partial charge in [-0.2, -0.15) is 0 Å². The first-order valence-electron chi connectivity index (χ1n) is 9.33. The highest BCUT2D eigenvalue weighted by Gasteiger charge is 2.39. The maximum absolute atomic E-state index is 10.5. The third kappa shape index (κ3) is 4.22. The summed E-state index contributed by atoms with van der Waals surface area (Å²) in [6.45, 7) is 6.85. The summed E-state index contributed by atoms with van der Waals surface area (Å²) in [5.41, 5.74) is 3.19. The smallest absolute Gasteiger partial charge is 0.119 e. The molecule has 1 saturated heterocycles. The van der Waals surface area contributed by atoms with E-state index in [1.807, 2.05) is 38.1 Å². The van der Waals surface area contributed by atoms with Crippen LogP contribution in [0.5, 0.6) is 5.75 Å². The lowest BCUT2D eigenvalue weighted by Gasteiger charge is -2.17. The molecule has 26 heavy (non-hydrogen) atoms. The number of aliphatic hydroxyl groups excluding tert-OH is 1. The van der Waals surface area contributed by atoms with Crippen LogP contribution in [0.15, 0.2) is 42.5 Å². The number of hydrogen-bond donors (Lipinski definition) is 1. The Kier molecular flexibility index (Phi) is 6.23. The summed E-state index contributed by atoms with van der Waals surface area (Å²) in [6, 6.07) is 14.0. The number of halogens is 1. The van der Waals surface area contributed by atoms with Gasteiger partial charge in [0.15, 0.2) is 0 Å². The summed E-state index contributed by atoms with van der Waals surface area (Å²) in [4.78, 5) is 0. The monoisotopic (exact) mass is 374 g/mol. The zero-order valence-corrected chi connectivity index (χ0v) is 16.4. The summed E-state index contributed by atoms with van der Waals surface area (Å²) in [5.74, 6) is 1.01. The minimum absolute atomic E-state index is 0.0461. The fraction of sp³-hybridized carbons (Fsp3) is 0.455. The minimum Gasteiger partial charge on any atom is -0.494 e. The van der Waals surface area contributed by atoms with Crippen molar-refractivity contribution < 1.29 is 14.6 Å². The van der Waals surface area contributed by atoms with Crippen molar-refractivity contribution in [3.05, 3.63) is 64.2 Å². The Bertz CT molecular complexity index is 729. The van der Waals surface area contributed by atoms with Crippen molar-refractivity contribution in [3.63, 3.8) is 0 Å². The molecule has 0 saturated carbocycles. The highest BCUT2D eigenvalue weighted by molar-refractivity contribution is 6.31. The number of ether oxygens (including phenoxy) is 2. The zero-order valence-electron chi connectivity index (χ0n) is 15.6. The van der Waals surface area contributed by atoms with Gasteiger partial charge in [0.2, 0.25) is 0 Å². The van der Waals surface area contributed by atoms with Crippen molar-refractivity contribution in [1.82, 2.24) is 0 Å². The average Bonchev–Trinajstić information content (AvgIpc) is 2.90. The molecule has 140 valence electrons. The van der Waals surface area contributed by atoms with Gasteiger partial charge in [0, 0.05) is 10.9 Å². The van der Waals surface area contributed by atoms with Gasteiger partial charge < -0.3 is 14.6 Å². The summed E-state index contributed by atoms with van der Waals surface area (Å²) in [5, 5.41) is 11.2. The molecular formula is C22H27ClO3. The molecule has 2 aromatic rings. The quantitative estimate of drug-likeness (QED) is 0.757. The van der Waals surface area contributed by atoms with Crippen LogP contribution < -0.4 is 4.74 Å². The second kappa shape index (κ2) is 8.43. The van der Waals surface area contributed by atoms with Crippen LogP contribution in [0.4, 0.5) is 0 Å². The van der Waals surface area contributed by atoms with Crippen molar-refractivity contribution in [3.8, 4) is 5.75 Å². The molecule has 4 atom stereocenters. The minimum atomic E-state index is -0.492. The first-order chi connectivity index (χ1) is 12.5. The fourth-order valence-electron chi connectivity index (χ4n) is 3.32. The number of rotatable bonds is 6. The molecule has 0 aromatic heterocycles. The van der Waals surface area contributed by atoms with Gasteiger partial charge in [0.1, 0.15) is 11.9 Å². The normalized spacial score (nSPS) is 25.4. The SMILES string of the molecule is CCCOc1ccc(Cc2cc(C3OC(C)C(C)C3O)ccc2Cl)cc1. The van der Waals surface area contributed by atoms with Crippen molar-refractivity contribution in [2.45, 2.75) is 51.9 Å². The average molecular weight is 375 g/mol. The van der Waals surface area contributed by atoms with Crippen LogP contribution in [-0.2, 0) is 11.2 Å². The number of aliphatic hydroxyl groups is 1. The number of hydrogen-bond acceptors (Lipinski definition) is 3. The Morgan fingerprint density at radius 1 is 1.12 bits per heavy atom. The maximum Gasteiger partial charge on any atom is 0.119 e. The van der Waals surface area contributed by atoms with E-state index >= 15 is 0 Å². The molecule has 4 unspecified atom stereocenters. The van der Waals surface area contributed by atoms with Crippen LogP contribution in [0.1, 0.15) is 50.0 Å². The van der Waals surface area contributed by atoms with E-state index in [0.717, 1.165) is 41.3 Å². The van der Waals surface area contributed by atoms with Crippen LogP contribution in [0.3, 0.4) is 0 Å². The topological polar surface area (TPSA) is 38.7 Å². The van der Waals surface area contributed by atoms with Crippen molar-refractivity contribution in [2.24, 2.45) is 5.92 Å². The molecule has 1 aliphatic rings. The fourth-order valence-corrected chi connectivity index (χ4v) is 3.50. The van der Waals surface area contributed by atoms with E-state index in [0.29, 0.717) is 0 Å². The van der Waals surface area contributed by atoms with Crippen LogP contribution in [0.2, 0.25) is 5.02 Å². The first kappa shape index (κ1) is 19.2. The van der Waals surface area contributed by atoms with Crippen LogP contribution in [0.25, 0.3) is 0 Å². The lowest BCUT2D eigenvalue weighted by atomic mass is 9.94. The predicted molar refractivity (Wildman–Crippen MR) is 105 cm³/mol. The summed E-state index contributed by atoms with van der Waals surface area (Å²) < 4.78 is 11.6. The summed E-state index contributed by atoms with van der Waals surface area (Å²) >= 11 is 6.42. The maximum atomic E-state index is 10.5. The van der Waals surface area contributed by atoms with E-state index < -0.39 is 6.10 Å². The molecule has 1 fully saturated rings. The lowest BCUT2D eigenvalue weighted by molar-refractivity contribution is 0.0151. The molecule has 0 spiro atoms. The van der Waals surface area contributed by atoms with E-state index in [2.05, 4.69) is 25.1 Å². The van der Waals surface area contributed by atoms with Gasteiger partial charge in [-0.1, -0.05) is 49.7 Å². The van der Waals surface area contributed by atoms with Crippen LogP contribution in [-0.4, -0.2) is 23.9 Å². The van der Waals surface area contributed by atoms with E-state index in [4.69, 9.17) is 21.1 Å². The van der Waals surface area contributed by atoms with Gasteiger partial charge in [0.25, 0.3) is 0 Å². The molecule has 3 rings (SSSR count). The van der Waals surface area contributed by atoms with E-state index in [1.54, 1.807) is 0 Å². The largest absolute Gasteiger partial charge is 0.494 e. The lowest BCUT2D eigenvalue weighted by Crippen LogP contribution is -2.20. The van der Waals surface area contributed by atoms with Gasteiger partial charge in [-0.15, -0.1) is 0 Å². The third-order valence-corrected chi connectivity index (χ3v) is 5.51. The Morgan fingerprint density at radius 2 is 1.85 bits per heavy atom. The second-order valence-corrected chi connectivity index (χ2v) is 7.54. The van der Waals surface area contributed by atoms with E-state index in [9.17, 15) is 5.11 Å². The Morgan fingerprint density at radius 3 is 2.46 bits per heavy atom. The van der Waals surface area contributed by atoms with Gasteiger partial charge >= 0.3 is 0 Å². The van der Waals surface area contributed by atoms with E-state index in [-0.39, 0.29) is 18.1 Å². The first-order valence-corrected chi connectivity index (χ1v) is 9.71. The Hall–Kier alpha value is -1.55. The molecule has 0 aliphatic carbocycles. The molecule has 1 aliphatic heterocycles. The molecule has 0 amide bonds. The van der Waals surface area contributed by atoms with Crippen molar-refractivity contribution in [1.29, 1.82) is 0 Å². The number of benzene rings is 2. The molecule has 1 N–H and O–H groups in total. The predicted octanol–water partition coefficient (Wildman–Crippen LogP) is 5.18. The molecule has 2 aromatic carbocycles. The molecule has 4 heteroatoms. The second-order valence-electron chi connectivity index (χ2n) is 7.13. The Labute approximate surface area is 160 Å².